The number of amides is 1. The highest BCUT2D eigenvalue weighted by molar-refractivity contribution is 5.85. The Morgan fingerprint density at radius 1 is 1.20 bits per heavy atom. The van der Waals surface area contributed by atoms with Gasteiger partial charge in [-0.3, -0.25) is 4.79 Å². The van der Waals surface area contributed by atoms with Crippen LogP contribution >= 0.6 is 0 Å². The number of Topliss-reactive ketones (excluding diaryl/α,β-unsaturated/α-hetero) is 1. The summed E-state index contributed by atoms with van der Waals surface area (Å²) in [7, 11) is 0. The molecule has 2 aliphatic heterocycles. The third-order valence-corrected chi connectivity index (χ3v) is 3.80. The molecule has 0 aliphatic carbocycles. The Bertz CT molecular complexity index is 369. The average molecular weight is 283 g/mol. The van der Waals surface area contributed by atoms with Crippen LogP contribution in [-0.4, -0.2) is 48.7 Å². The summed E-state index contributed by atoms with van der Waals surface area (Å²) in [5.74, 6) is 0.234. The number of rotatable bonds is 2. The highest BCUT2D eigenvalue weighted by Gasteiger charge is 2.36. The van der Waals surface area contributed by atoms with E-state index in [-0.39, 0.29) is 23.7 Å². The van der Waals surface area contributed by atoms with Crippen LogP contribution in [0.5, 0.6) is 0 Å². The van der Waals surface area contributed by atoms with Gasteiger partial charge < -0.3 is 14.4 Å². The van der Waals surface area contributed by atoms with E-state index in [1.165, 1.54) is 0 Å². The molecule has 0 saturated carbocycles. The molecule has 114 valence electrons. The molecule has 2 heterocycles. The Kier molecular flexibility index (Phi) is 4.68. The lowest BCUT2D eigenvalue weighted by Gasteiger charge is -2.25. The van der Waals surface area contributed by atoms with Crippen LogP contribution in [0.25, 0.3) is 0 Å². The van der Waals surface area contributed by atoms with E-state index in [2.05, 4.69) is 0 Å². The van der Waals surface area contributed by atoms with Gasteiger partial charge in [-0.2, -0.15) is 0 Å². The van der Waals surface area contributed by atoms with Crippen LogP contribution in [0.3, 0.4) is 0 Å². The van der Waals surface area contributed by atoms with Gasteiger partial charge in [0.25, 0.3) is 0 Å². The zero-order valence-electron chi connectivity index (χ0n) is 12.7. The van der Waals surface area contributed by atoms with Crippen molar-refractivity contribution in [2.75, 3.05) is 26.3 Å². The predicted molar refractivity (Wildman–Crippen MR) is 74.5 cm³/mol. The maximum Gasteiger partial charge on any atom is 0.410 e. The van der Waals surface area contributed by atoms with Crippen LogP contribution in [0, 0.1) is 11.8 Å². The molecule has 2 aliphatic rings. The van der Waals surface area contributed by atoms with Gasteiger partial charge in [0.05, 0.1) is 6.61 Å². The van der Waals surface area contributed by atoms with Crippen molar-refractivity contribution in [3.8, 4) is 0 Å². The van der Waals surface area contributed by atoms with Gasteiger partial charge in [0.1, 0.15) is 11.4 Å². The van der Waals surface area contributed by atoms with Crippen LogP contribution in [0.2, 0.25) is 0 Å². The molecule has 2 unspecified atom stereocenters. The Morgan fingerprint density at radius 2 is 1.95 bits per heavy atom. The molecule has 20 heavy (non-hydrogen) atoms. The summed E-state index contributed by atoms with van der Waals surface area (Å²) < 4.78 is 10.7. The molecule has 0 bridgehead atoms. The number of likely N-dealkylation sites (tertiary alicyclic amines) is 1. The topological polar surface area (TPSA) is 55.8 Å². The lowest BCUT2D eigenvalue weighted by atomic mass is 9.88. The van der Waals surface area contributed by atoms with E-state index in [9.17, 15) is 9.59 Å². The lowest BCUT2D eigenvalue weighted by Crippen LogP contribution is -2.37. The van der Waals surface area contributed by atoms with Gasteiger partial charge >= 0.3 is 6.09 Å². The Balaban J connectivity index is 1.85. The maximum atomic E-state index is 12.4. The molecule has 0 aromatic carbocycles. The van der Waals surface area contributed by atoms with Crippen molar-refractivity contribution in [1.82, 2.24) is 4.90 Å². The molecule has 0 spiro atoms. The van der Waals surface area contributed by atoms with E-state index in [0.717, 1.165) is 25.9 Å². The first kappa shape index (κ1) is 15.3. The first-order valence-corrected chi connectivity index (χ1v) is 7.46. The van der Waals surface area contributed by atoms with E-state index in [1.54, 1.807) is 4.90 Å². The minimum atomic E-state index is -0.490. The van der Waals surface area contributed by atoms with Crippen LogP contribution in [0.1, 0.15) is 40.0 Å². The first-order chi connectivity index (χ1) is 9.37. The molecule has 2 atom stereocenters. The lowest BCUT2D eigenvalue weighted by molar-refractivity contribution is -0.130. The predicted octanol–water partition coefficient (Wildman–Crippen LogP) is 2.24. The van der Waals surface area contributed by atoms with E-state index >= 15 is 0 Å². The molecule has 2 saturated heterocycles. The van der Waals surface area contributed by atoms with Gasteiger partial charge in [-0.1, -0.05) is 0 Å². The molecule has 0 aromatic rings. The van der Waals surface area contributed by atoms with Crippen molar-refractivity contribution in [3.05, 3.63) is 0 Å². The van der Waals surface area contributed by atoms with Gasteiger partial charge in [0.2, 0.25) is 0 Å². The third kappa shape index (κ3) is 3.95. The van der Waals surface area contributed by atoms with Crippen LogP contribution in [0.4, 0.5) is 4.79 Å². The number of hydrogen-bond donors (Lipinski definition) is 0. The largest absolute Gasteiger partial charge is 0.444 e. The van der Waals surface area contributed by atoms with Gasteiger partial charge in [0.15, 0.2) is 0 Å². The quantitative estimate of drug-likeness (QED) is 0.780. The van der Waals surface area contributed by atoms with Gasteiger partial charge in [0, 0.05) is 31.5 Å². The van der Waals surface area contributed by atoms with E-state index in [0.29, 0.717) is 19.7 Å². The molecule has 2 fully saturated rings. The molecule has 1 amide bonds. The van der Waals surface area contributed by atoms with Crippen molar-refractivity contribution in [2.24, 2.45) is 11.8 Å². The van der Waals surface area contributed by atoms with Crippen LogP contribution in [-0.2, 0) is 14.3 Å². The minimum absolute atomic E-state index is 0.0207. The molecular formula is C15H25NO4. The fourth-order valence-corrected chi connectivity index (χ4v) is 2.78. The van der Waals surface area contributed by atoms with Crippen molar-refractivity contribution in [2.45, 2.75) is 45.6 Å². The van der Waals surface area contributed by atoms with E-state index < -0.39 is 5.60 Å². The summed E-state index contributed by atoms with van der Waals surface area (Å²) in [6, 6.07) is 0. The Labute approximate surface area is 120 Å². The number of ether oxygens (including phenoxy) is 2. The van der Waals surface area contributed by atoms with Gasteiger partial charge in [-0.25, -0.2) is 4.79 Å². The second kappa shape index (κ2) is 6.12. The highest BCUT2D eigenvalue weighted by atomic mass is 16.6. The van der Waals surface area contributed by atoms with Crippen LogP contribution in [0.15, 0.2) is 0 Å². The highest BCUT2D eigenvalue weighted by Crippen LogP contribution is 2.26. The number of hydrogen-bond acceptors (Lipinski definition) is 4. The number of carbonyl (C=O) groups is 2. The summed E-state index contributed by atoms with van der Waals surface area (Å²) in [6.07, 6.45) is 2.31. The molecule has 5 nitrogen and oxygen atoms in total. The van der Waals surface area contributed by atoms with Crippen molar-refractivity contribution in [3.63, 3.8) is 0 Å². The van der Waals surface area contributed by atoms with Crippen molar-refractivity contribution < 1.29 is 19.1 Å². The number of carbonyl (C=O) groups excluding carboxylic acids is 2. The summed E-state index contributed by atoms with van der Waals surface area (Å²) in [5.41, 5.74) is -0.490. The molecule has 0 aromatic heterocycles. The number of nitrogens with zero attached hydrogens (tertiary/aromatic N) is 1. The average Bonchev–Trinajstić information content (AvgIpc) is 2.86. The van der Waals surface area contributed by atoms with Crippen molar-refractivity contribution in [1.29, 1.82) is 0 Å². The van der Waals surface area contributed by atoms with Gasteiger partial charge in [-0.05, 0) is 40.0 Å². The summed E-state index contributed by atoms with van der Waals surface area (Å²) >= 11 is 0. The second-order valence-electron chi connectivity index (χ2n) is 6.73. The molecule has 0 radical (unpaired) electrons. The summed E-state index contributed by atoms with van der Waals surface area (Å²) in [4.78, 5) is 26.0. The fourth-order valence-electron chi connectivity index (χ4n) is 2.78. The SMILES string of the molecule is CC(C)(C)OC(=O)N1CCC(C(=O)C2CCCOC2)C1. The fraction of sp³-hybridized carbons (Fsp3) is 0.867. The second-order valence-corrected chi connectivity index (χ2v) is 6.73. The Hall–Kier alpha value is -1.10. The third-order valence-electron chi connectivity index (χ3n) is 3.80. The summed E-state index contributed by atoms with van der Waals surface area (Å²) in [5, 5.41) is 0. The normalized spacial score (nSPS) is 27.4. The smallest absolute Gasteiger partial charge is 0.410 e. The van der Waals surface area contributed by atoms with Gasteiger partial charge in [-0.15, -0.1) is 0 Å². The monoisotopic (exact) mass is 283 g/mol. The standard InChI is InChI=1S/C15H25NO4/c1-15(2,3)20-14(18)16-7-6-11(9-16)13(17)12-5-4-8-19-10-12/h11-12H,4-10H2,1-3H3. The molecule has 2 rings (SSSR count). The zero-order chi connectivity index (χ0) is 14.8. The summed E-state index contributed by atoms with van der Waals surface area (Å²) in [6.45, 7) is 7.96. The number of ketones is 1. The van der Waals surface area contributed by atoms with Crippen molar-refractivity contribution >= 4 is 11.9 Å². The molecular weight excluding hydrogens is 258 g/mol. The zero-order valence-corrected chi connectivity index (χ0v) is 12.7. The Morgan fingerprint density at radius 3 is 2.55 bits per heavy atom. The van der Waals surface area contributed by atoms with E-state index in [4.69, 9.17) is 9.47 Å². The molecule has 0 N–H and O–H groups in total. The minimum Gasteiger partial charge on any atom is -0.444 e. The van der Waals surface area contributed by atoms with E-state index in [1.807, 2.05) is 20.8 Å². The maximum absolute atomic E-state index is 12.4. The first-order valence-electron chi connectivity index (χ1n) is 7.46. The molecule has 5 heteroatoms. The van der Waals surface area contributed by atoms with Crippen LogP contribution < -0.4 is 0 Å².